The maximum atomic E-state index is 15.6. The Kier molecular flexibility index (Phi) is 7.72. The van der Waals surface area contributed by atoms with Crippen molar-refractivity contribution in [3.63, 3.8) is 0 Å². The van der Waals surface area contributed by atoms with Crippen LogP contribution in [0.1, 0.15) is 105 Å². The molecule has 1 aromatic carbocycles. The van der Waals surface area contributed by atoms with Crippen LogP contribution in [0.2, 0.25) is 0 Å². The highest BCUT2D eigenvalue weighted by Gasteiger charge is 2.77. The number of aromatic hydroxyl groups is 2. The van der Waals surface area contributed by atoms with Crippen LogP contribution in [0.4, 0.5) is 0 Å². The van der Waals surface area contributed by atoms with Crippen LogP contribution in [-0.4, -0.2) is 21.1 Å². The van der Waals surface area contributed by atoms with Crippen molar-refractivity contribution >= 4 is 16.8 Å². The number of allylic oxidation sites excluding steroid dienone is 6. The van der Waals surface area contributed by atoms with E-state index in [4.69, 9.17) is 4.42 Å². The molecule has 0 aliphatic heterocycles. The third kappa shape index (κ3) is 4.39. The van der Waals surface area contributed by atoms with Gasteiger partial charge >= 0.3 is 0 Å². The molecule has 0 amide bonds. The van der Waals surface area contributed by atoms with Crippen molar-refractivity contribution in [3.8, 4) is 11.5 Å². The molecule has 1 unspecified atom stereocenters. The molecule has 1 heterocycles. The Hall–Kier alpha value is -3.38. The van der Waals surface area contributed by atoms with Gasteiger partial charge in [0.1, 0.15) is 16.9 Å². The van der Waals surface area contributed by atoms with E-state index in [2.05, 4.69) is 60.3 Å². The van der Waals surface area contributed by atoms with Crippen molar-refractivity contribution in [2.45, 2.75) is 105 Å². The van der Waals surface area contributed by atoms with Gasteiger partial charge in [0.05, 0.1) is 21.8 Å². The molecule has 0 saturated heterocycles. The molecule has 0 radical (unpaired) electrons. The summed E-state index contributed by atoms with van der Waals surface area (Å²) in [5.74, 6) is -0.804. The average molecular weight is 601 g/mol. The summed E-state index contributed by atoms with van der Waals surface area (Å²) in [5.41, 5.74) is -1.11. The Morgan fingerprint density at radius 1 is 0.932 bits per heavy atom. The van der Waals surface area contributed by atoms with Gasteiger partial charge in [0, 0.05) is 12.5 Å². The monoisotopic (exact) mass is 600 g/mol. The van der Waals surface area contributed by atoms with Gasteiger partial charge in [-0.1, -0.05) is 60.9 Å². The second kappa shape index (κ2) is 10.6. The summed E-state index contributed by atoms with van der Waals surface area (Å²) in [6, 6.07) is 2.42. The van der Waals surface area contributed by atoms with E-state index in [1.165, 1.54) is 23.3 Å². The number of hydrogen-bond donors (Lipinski definition) is 3. The first-order valence-electron chi connectivity index (χ1n) is 15.8. The maximum absolute atomic E-state index is 15.6. The van der Waals surface area contributed by atoms with Gasteiger partial charge < -0.3 is 19.7 Å². The van der Waals surface area contributed by atoms with Crippen molar-refractivity contribution in [1.29, 1.82) is 0 Å². The number of benzene rings is 1. The van der Waals surface area contributed by atoms with Gasteiger partial charge in [-0.3, -0.25) is 9.59 Å². The van der Waals surface area contributed by atoms with E-state index < -0.39 is 38.8 Å². The molecule has 3 aliphatic rings. The maximum Gasteiger partial charge on any atom is 0.199 e. The summed E-state index contributed by atoms with van der Waals surface area (Å²) in [4.78, 5) is 30.3. The lowest BCUT2D eigenvalue weighted by Gasteiger charge is -2.67. The van der Waals surface area contributed by atoms with Crippen molar-refractivity contribution in [3.05, 3.63) is 80.8 Å². The van der Waals surface area contributed by atoms with Crippen LogP contribution >= 0.6 is 0 Å². The van der Waals surface area contributed by atoms with Crippen LogP contribution < -0.4 is 5.43 Å². The van der Waals surface area contributed by atoms with Gasteiger partial charge in [-0.2, -0.15) is 0 Å². The normalized spacial score (nSPS) is 30.3. The largest absolute Gasteiger partial charge is 0.504 e. The van der Waals surface area contributed by atoms with Gasteiger partial charge in [0.15, 0.2) is 22.7 Å². The lowest BCUT2D eigenvalue weighted by atomic mass is 9.35. The molecule has 3 aliphatic carbocycles. The van der Waals surface area contributed by atoms with Gasteiger partial charge in [0.2, 0.25) is 0 Å². The van der Waals surface area contributed by atoms with Crippen LogP contribution in [0.5, 0.6) is 11.5 Å². The molecule has 1 spiro atoms. The number of ketones is 1. The van der Waals surface area contributed by atoms with Crippen LogP contribution in [-0.2, 0) is 15.8 Å². The number of phenolic OH excluding ortho intramolecular Hbond substituents is 2. The number of aliphatic hydroxyl groups is 1. The van der Waals surface area contributed by atoms with Gasteiger partial charge in [-0.25, -0.2) is 0 Å². The molecule has 2 saturated carbocycles. The minimum Gasteiger partial charge on any atom is -0.504 e. The molecule has 6 heteroatoms. The lowest BCUT2D eigenvalue weighted by Crippen LogP contribution is -2.73. The highest BCUT2D eigenvalue weighted by Crippen LogP contribution is 2.72. The molecule has 2 bridgehead atoms. The van der Waals surface area contributed by atoms with Crippen molar-refractivity contribution in [1.82, 2.24) is 0 Å². The molecule has 2 aromatic rings. The Morgan fingerprint density at radius 2 is 1.52 bits per heavy atom. The molecule has 2 fully saturated rings. The molecule has 5 rings (SSSR count). The van der Waals surface area contributed by atoms with E-state index in [-0.39, 0.29) is 46.3 Å². The number of fused-ring (bicyclic) bond motifs is 5. The number of Topliss-reactive ketones (excluding diaryl/α,β-unsaturated/α-hetero) is 1. The fourth-order valence-electron chi connectivity index (χ4n) is 8.53. The SMILES string of the molecule is C=C1CC2(O)c3c(oc4cc(O)c(O)cc4c3=O)[C@]3(CC=C(C)C)C(=O)[C@@]2(C[C@H]1CC=C(C)C)C[C@H](CC=C(C)C)C3(C)C. The highest BCUT2D eigenvalue weighted by atomic mass is 16.3. The van der Waals surface area contributed by atoms with Crippen LogP contribution in [0.25, 0.3) is 11.0 Å². The Labute approximate surface area is 260 Å². The summed E-state index contributed by atoms with van der Waals surface area (Å²) in [6.07, 6.45) is 9.07. The van der Waals surface area contributed by atoms with Crippen LogP contribution in [0.15, 0.2) is 68.4 Å². The molecule has 3 N–H and O–H groups in total. The molecular weight excluding hydrogens is 552 g/mol. The molecular formula is C38H48O6. The van der Waals surface area contributed by atoms with Crippen molar-refractivity contribution in [2.75, 3.05) is 0 Å². The zero-order valence-electron chi connectivity index (χ0n) is 27.6. The highest BCUT2D eigenvalue weighted by molar-refractivity contribution is 6.01. The standard InChI is InChI=1S/C38H48O6/c1-21(2)10-12-25-19-36-20-26(13-11-22(3)4)35(8,9)37(34(36)42,15-14-23(5)6)33-31(38(36,43)18-24(25)7)32(41)27-16-28(39)29(40)17-30(27)44-33/h10-11,14,16-17,25-26,39-40,43H,7,12-13,15,18-20H2,1-6,8-9H3/t25-,26+,36-,37-,38?/m1/s1. The zero-order chi connectivity index (χ0) is 32.6. The second-order valence-corrected chi connectivity index (χ2v) is 15.0. The number of hydrogen-bond acceptors (Lipinski definition) is 6. The van der Waals surface area contributed by atoms with Crippen LogP contribution in [0, 0.1) is 22.7 Å². The Morgan fingerprint density at radius 3 is 2.14 bits per heavy atom. The number of rotatable bonds is 6. The third-order valence-electron chi connectivity index (χ3n) is 11.2. The van der Waals surface area contributed by atoms with E-state index in [9.17, 15) is 20.1 Å². The quantitative estimate of drug-likeness (QED) is 0.227. The van der Waals surface area contributed by atoms with E-state index in [1.807, 2.05) is 19.9 Å². The number of carbonyl (C=O) groups is 1. The summed E-state index contributed by atoms with van der Waals surface area (Å²) in [5, 5.41) is 33.9. The third-order valence-corrected chi connectivity index (χ3v) is 11.2. The summed E-state index contributed by atoms with van der Waals surface area (Å²) in [6.45, 7) is 20.8. The van der Waals surface area contributed by atoms with Crippen LogP contribution in [0.3, 0.4) is 0 Å². The predicted molar refractivity (Wildman–Crippen MR) is 175 cm³/mol. The minimum atomic E-state index is -1.84. The average Bonchev–Trinajstić information content (AvgIpc) is 2.91. The van der Waals surface area contributed by atoms with Gasteiger partial charge in [-0.05, 0) is 97.0 Å². The van der Waals surface area contributed by atoms with Gasteiger partial charge in [-0.15, -0.1) is 0 Å². The smallest absolute Gasteiger partial charge is 0.199 e. The fraction of sp³-hybridized carbons (Fsp3) is 0.526. The van der Waals surface area contributed by atoms with Gasteiger partial charge in [0.25, 0.3) is 0 Å². The summed E-state index contributed by atoms with van der Waals surface area (Å²) in [7, 11) is 0. The van der Waals surface area contributed by atoms with E-state index in [0.717, 1.165) is 17.6 Å². The summed E-state index contributed by atoms with van der Waals surface area (Å²) >= 11 is 0. The second-order valence-electron chi connectivity index (χ2n) is 15.0. The Bertz CT molecular complexity index is 1700. The van der Waals surface area contributed by atoms with Crippen molar-refractivity contribution < 1.29 is 24.5 Å². The summed E-state index contributed by atoms with van der Waals surface area (Å²) < 4.78 is 6.62. The van der Waals surface area contributed by atoms with E-state index >= 15 is 4.79 Å². The first-order chi connectivity index (χ1) is 20.4. The first kappa shape index (κ1) is 32.0. The number of carbonyl (C=O) groups excluding carboxylic acids is 1. The lowest BCUT2D eigenvalue weighted by molar-refractivity contribution is -0.203. The van der Waals surface area contributed by atoms with Crippen molar-refractivity contribution in [2.24, 2.45) is 22.7 Å². The molecule has 6 nitrogen and oxygen atoms in total. The molecule has 5 atom stereocenters. The fourth-order valence-corrected chi connectivity index (χ4v) is 8.53. The number of phenols is 2. The first-order valence-corrected chi connectivity index (χ1v) is 15.8. The molecule has 44 heavy (non-hydrogen) atoms. The predicted octanol–water partition coefficient (Wildman–Crippen LogP) is 8.28. The molecule has 236 valence electrons. The topological polar surface area (TPSA) is 108 Å². The van der Waals surface area contributed by atoms with E-state index in [0.29, 0.717) is 25.7 Å². The minimum absolute atomic E-state index is 0.00924. The van der Waals surface area contributed by atoms with E-state index in [1.54, 1.807) is 0 Å². The zero-order valence-corrected chi connectivity index (χ0v) is 27.6. The molecule has 1 aromatic heterocycles. The Balaban J connectivity index is 1.95.